The second-order valence-electron chi connectivity index (χ2n) is 3.72. The van der Waals surface area contributed by atoms with Crippen molar-refractivity contribution < 1.29 is 9.47 Å². The standard InChI is InChI=1S/C12H17NO2/c1-14-12-7-3-2-6-11(12)13-9-10-5-4-8-15-10/h2-3,6-7,10,13H,4-5,8-9H2,1H3. The van der Waals surface area contributed by atoms with Crippen LogP contribution in [0.2, 0.25) is 0 Å². The topological polar surface area (TPSA) is 30.5 Å². The quantitative estimate of drug-likeness (QED) is 0.821. The van der Waals surface area contributed by atoms with Crippen molar-refractivity contribution in [3.05, 3.63) is 24.3 Å². The van der Waals surface area contributed by atoms with Crippen LogP contribution >= 0.6 is 0 Å². The summed E-state index contributed by atoms with van der Waals surface area (Å²) in [4.78, 5) is 0. The van der Waals surface area contributed by atoms with Gasteiger partial charge in [-0.2, -0.15) is 0 Å². The van der Waals surface area contributed by atoms with Gasteiger partial charge in [0.25, 0.3) is 0 Å². The van der Waals surface area contributed by atoms with E-state index in [9.17, 15) is 0 Å². The van der Waals surface area contributed by atoms with Crippen LogP contribution in [0.4, 0.5) is 5.69 Å². The third-order valence-corrected chi connectivity index (χ3v) is 2.65. The molecule has 0 radical (unpaired) electrons. The minimum Gasteiger partial charge on any atom is -0.495 e. The van der Waals surface area contributed by atoms with Crippen molar-refractivity contribution in [2.75, 3.05) is 25.6 Å². The van der Waals surface area contributed by atoms with Crippen LogP contribution in [-0.2, 0) is 4.74 Å². The third kappa shape index (κ3) is 2.63. The van der Waals surface area contributed by atoms with Crippen molar-refractivity contribution in [2.45, 2.75) is 18.9 Å². The van der Waals surface area contributed by atoms with Crippen LogP contribution < -0.4 is 10.1 Å². The number of rotatable bonds is 4. The first-order valence-corrected chi connectivity index (χ1v) is 5.38. The van der Waals surface area contributed by atoms with Gasteiger partial charge in [0.15, 0.2) is 0 Å². The van der Waals surface area contributed by atoms with Gasteiger partial charge in [-0.3, -0.25) is 0 Å². The molecule has 0 saturated carbocycles. The van der Waals surface area contributed by atoms with Crippen molar-refractivity contribution in [3.63, 3.8) is 0 Å². The van der Waals surface area contributed by atoms with Crippen molar-refractivity contribution in [1.29, 1.82) is 0 Å². The van der Waals surface area contributed by atoms with E-state index in [4.69, 9.17) is 9.47 Å². The lowest BCUT2D eigenvalue weighted by Crippen LogP contribution is -2.18. The molecule has 15 heavy (non-hydrogen) atoms. The highest BCUT2D eigenvalue weighted by Gasteiger charge is 2.15. The van der Waals surface area contributed by atoms with Gasteiger partial charge in [-0.25, -0.2) is 0 Å². The van der Waals surface area contributed by atoms with E-state index in [-0.39, 0.29) is 0 Å². The molecule has 0 amide bonds. The Kier molecular flexibility index (Phi) is 3.45. The molecule has 1 aromatic carbocycles. The van der Waals surface area contributed by atoms with Gasteiger partial charge in [0.05, 0.1) is 18.9 Å². The smallest absolute Gasteiger partial charge is 0.141 e. The van der Waals surface area contributed by atoms with Crippen molar-refractivity contribution >= 4 is 5.69 Å². The molecule has 3 heteroatoms. The van der Waals surface area contributed by atoms with E-state index in [1.165, 1.54) is 6.42 Å². The van der Waals surface area contributed by atoms with E-state index in [2.05, 4.69) is 5.32 Å². The fourth-order valence-electron chi connectivity index (χ4n) is 1.82. The van der Waals surface area contributed by atoms with Crippen LogP contribution in [0.25, 0.3) is 0 Å². The van der Waals surface area contributed by atoms with Gasteiger partial charge in [0.1, 0.15) is 5.75 Å². The van der Waals surface area contributed by atoms with Gasteiger partial charge in [-0.05, 0) is 25.0 Å². The summed E-state index contributed by atoms with van der Waals surface area (Å²) in [5, 5.41) is 3.36. The highest BCUT2D eigenvalue weighted by molar-refractivity contribution is 5.56. The van der Waals surface area contributed by atoms with Crippen LogP contribution in [-0.4, -0.2) is 26.4 Å². The Balaban J connectivity index is 1.91. The number of methoxy groups -OCH3 is 1. The Bertz CT molecular complexity index is 308. The van der Waals surface area contributed by atoms with E-state index in [1.54, 1.807) is 7.11 Å². The minimum atomic E-state index is 0.356. The lowest BCUT2D eigenvalue weighted by Gasteiger charge is -2.14. The van der Waals surface area contributed by atoms with E-state index < -0.39 is 0 Å². The number of nitrogens with one attached hydrogen (secondary N) is 1. The number of hydrogen-bond donors (Lipinski definition) is 1. The summed E-state index contributed by atoms with van der Waals surface area (Å²) in [7, 11) is 1.69. The minimum absolute atomic E-state index is 0.356. The van der Waals surface area contributed by atoms with Crippen molar-refractivity contribution in [3.8, 4) is 5.75 Å². The first-order chi connectivity index (χ1) is 7.40. The molecule has 1 N–H and O–H groups in total. The molecule has 1 aliphatic heterocycles. The zero-order chi connectivity index (χ0) is 10.5. The third-order valence-electron chi connectivity index (χ3n) is 2.65. The monoisotopic (exact) mass is 207 g/mol. The van der Waals surface area contributed by atoms with E-state index in [0.29, 0.717) is 6.10 Å². The number of hydrogen-bond acceptors (Lipinski definition) is 3. The SMILES string of the molecule is COc1ccccc1NCC1CCCO1. The second-order valence-corrected chi connectivity index (χ2v) is 3.72. The summed E-state index contributed by atoms with van der Waals surface area (Å²) < 4.78 is 10.8. The second kappa shape index (κ2) is 5.03. The summed E-state index contributed by atoms with van der Waals surface area (Å²) in [6.45, 7) is 1.76. The molecule has 1 aromatic rings. The van der Waals surface area contributed by atoms with Crippen LogP contribution in [0.15, 0.2) is 24.3 Å². The summed E-state index contributed by atoms with van der Waals surface area (Å²) in [5.74, 6) is 0.885. The maximum absolute atomic E-state index is 5.54. The molecule has 1 fully saturated rings. The average Bonchev–Trinajstić information content (AvgIpc) is 2.79. The molecule has 1 aliphatic rings. The predicted octanol–water partition coefficient (Wildman–Crippen LogP) is 2.29. The van der Waals surface area contributed by atoms with E-state index in [0.717, 1.165) is 31.0 Å². The van der Waals surface area contributed by atoms with Gasteiger partial charge in [0.2, 0.25) is 0 Å². The first kappa shape index (κ1) is 10.3. The molecule has 1 heterocycles. The molecule has 1 atom stereocenters. The largest absolute Gasteiger partial charge is 0.495 e. The van der Waals surface area contributed by atoms with Crippen molar-refractivity contribution in [1.82, 2.24) is 0 Å². The van der Waals surface area contributed by atoms with Crippen LogP contribution in [0.3, 0.4) is 0 Å². The number of ether oxygens (including phenoxy) is 2. The fourth-order valence-corrected chi connectivity index (χ4v) is 1.82. The number of anilines is 1. The van der Waals surface area contributed by atoms with E-state index in [1.807, 2.05) is 24.3 Å². The van der Waals surface area contributed by atoms with Crippen LogP contribution in [0.5, 0.6) is 5.75 Å². The number of para-hydroxylation sites is 2. The molecule has 3 nitrogen and oxygen atoms in total. The summed E-state index contributed by atoms with van der Waals surface area (Å²) in [6.07, 6.45) is 2.69. The predicted molar refractivity (Wildman–Crippen MR) is 60.5 cm³/mol. The fraction of sp³-hybridized carbons (Fsp3) is 0.500. The Morgan fingerprint density at radius 2 is 2.33 bits per heavy atom. The lowest BCUT2D eigenvalue weighted by atomic mass is 10.2. The zero-order valence-electron chi connectivity index (χ0n) is 9.03. The van der Waals surface area contributed by atoms with Gasteiger partial charge in [-0.1, -0.05) is 12.1 Å². The first-order valence-electron chi connectivity index (χ1n) is 5.38. The highest BCUT2D eigenvalue weighted by atomic mass is 16.5. The number of benzene rings is 1. The van der Waals surface area contributed by atoms with E-state index >= 15 is 0 Å². The summed E-state index contributed by atoms with van der Waals surface area (Å²) in [6, 6.07) is 7.95. The van der Waals surface area contributed by atoms with Crippen molar-refractivity contribution in [2.24, 2.45) is 0 Å². The summed E-state index contributed by atoms with van der Waals surface area (Å²) in [5.41, 5.74) is 1.04. The lowest BCUT2D eigenvalue weighted by molar-refractivity contribution is 0.120. The van der Waals surface area contributed by atoms with Gasteiger partial charge in [-0.15, -0.1) is 0 Å². The maximum Gasteiger partial charge on any atom is 0.141 e. The Morgan fingerprint density at radius 3 is 3.07 bits per heavy atom. The molecule has 2 rings (SSSR count). The normalized spacial score (nSPS) is 20.2. The molecule has 0 aliphatic carbocycles. The van der Waals surface area contributed by atoms with Gasteiger partial charge < -0.3 is 14.8 Å². The zero-order valence-corrected chi connectivity index (χ0v) is 9.03. The molecule has 1 saturated heterocycles. The van der Waals surface area contributed by atoms with Crippen LogP contribution in [0, 0.1) is 0 Å². The van der Waals surface area contributed by atoms with Crippen LogP contribution in [0.1, 0.15) is 12.8 Å². The molecule has 1 unspecified atom stereocenters. The molecular weight excluding hydrogens is 190 g/mol. The Morgan fingerprint density at radius 1 is 1.47 bits per heavy atom. The Hall–Kier alpha value is -1.22. The molecule has 0 spiro atoms. The average molecular weight is 207 g/mol. The molecular formula is C12H17NO2. The molecule has 82 valence electrons. The highest BCUT2D eigenvalue weighted by Crippen LogP contribution is 2.23. The molecule has 0 aromatic heterocycles. The molecule has 0 bridgehead atoms. The maximum atomic E-state index is 5.54. The van der Waals surface area contributed by atoms with Gasteiger partial charge >= 0.3 is 0 Å². The summed E-state index contributed by atoms with van der Waals surface area (Å²) >= 11 is 0. The van der Waals surface area contributed by atoms with Gasteiger partial charge in [0, 0.05) is 13.2 Å². The Labute approximate surface area is 90.4 Å².